The van der Waals surface area contributed by atoms with E-state index in [1.165, 1.54) is 19.3 Å². The Kier molecular flexibility index (Phi) is 1.83. The van der Waals surface area contributed by atoms with E-state index in [0.29, 0.717) is 6.04 Å². The Morgan fingerprint density at radius 1 is 1.42 bits per heavy atom. The zero-order valence-electron chi connectivity index (χ0n) is 7.29. The van der Waals surface area contributed by atoms with E-state index in [1.807, 2.05) is 0 Å². The van der Waals surface area contributed by atoms with Crippen molar-refractivity contribution in [3.63, 3.8) is 0 Å². The number of hydrogen-bond acceptors (Lipinski definition) is 2. The molecule has 2 fully saturated rings. The van der Waals surface area contributed by atoms with Gasteiger partial charge in [0, 0.05) is 6.04 Å². The molecular formula is C9H15NO2. The van der Waals surface area contributed by atoms with Crippen LogP contribution in [0.15, 0.2) is 0 Å². The quantitative estimate of drug-likeness (QED) is 0.658. The molecule has 2 N–H and O–H groups in total. The molecule has 0 spiro atoms. The normalized spacial score (nSPS) is 40.6. The minimum Gasteiger partial charge on any atom is -0.480 e. The summed E-state index contributed by atoms with van der Waals surface area (Å²) < 4.78 is 0. The molecule has 0 bridgehead atoms. The lowest BCUT2D eigenvalue weighted by Gasteiger charge is -2.16. The van der Waals surface area contributed by atoms with E-state index in [9.17, 15) is 4.79 Å². The highest BCUT2D eigenvalue weighted by molar-refractivity contribution is 5.72. The van der Waals surface area contributed by atoms with Gasteiger partial charge in [-0.15, -0.1) is 0 Å². The summed E-state index contributed by atoms with van der Waals surface area (Å²) in [5, 5.41) is 11.8. The highest BCUT2D eigenvalue weighted by Crippen LogP contribution is 2.51. The monoisotopic (exact) mass is 169 g/mol. The summed E-state index contributed by atoms with van der Waals surface area (Å²) in [6.07, 6.45) is 3.78. The van der Waals surface area contributed by atoms with Crippen LogP contribution in [0.3, 0.4) is 0 Å². The third-order valence-electron chi connectivity index (χ3n) is 3.10. The van der Waals surface area contributed by atoms with Crippen LogP contribution in [-0.2, 0) is 4.79 Å². The summed E-state index contributed by atoms with van der Waals surface area (Å²) in [6, 6.07) is 0.0901. The maximum Gasteiger partial charge on any atom is 0.320 e. The Morgan fingerprint density at radius 3 is 2.50 bits per heavy atom. The van der Waals surface area contributed by atoms with Gasteiger partial charge in [-0.2, -0.15) is 0 Å². The third-order valence-corrected chi connectivity index (χ3v) is 3.10. The molecule has 12 heavy (non-hydrogen) atoms. The molecule has 68 valence electrons. The van der Waals surface area contributed by atoms with Gasteiger partial charge in [-0.3, -0.25) is 4.79 Å². The molecule has 2 rings (SSSR count). The van der Waals surface area contributed by atoms with Gasteiger partial charge in [0.15, 0.2) is 0 Å². The molecule has 0 aromatic carbocycles. The predicted octanol–water partition coefficient (Wildman–Crippen LogP) is 0.848. The van der Waals surface area contributed by atoms with Gasteiger partial charge >= 0.3 is 5.97 Å². The number of hydrogen-bond donors (Lipinski definition) is 2. The zero-order chi connectivity index (χ0) is 8.72. The van der Waals surface area contributed by atoms with Crippen LogP contribution in [0.25, 0.3) is 0 Å². The molecule has 2 saturated carbocycles. The van der Waals surface area contributed by atoms with Crippen molar-refractivity contribution < 1.29 is 9.90 Å². The SMILES string of the molecule is CC(NC1CC2CC2C1)C(=O)O. The van der Waals surface area contributed by atoms with Crippen LogP contribution in [0.2, 0.25) is 0 Å². The number of nitrogens with one attached hydrogen (secondary N) is 1. The molecule has 2 aliphatic rings. The second-order valence-corrected chi connectivity index (χ2v) is 4.15. The van der Waals surface area contributed by atoms with Crippen molar-refractivity contribution in [2.24, 2.45) is 11.8 Å². The van der Waals surface area contributed by atoms with Gasteiger partial charge in [-0.1, -0.05) is 0 Å². The van der Waals surface area contributed by atoms with Crippen LogP contribution >= 0.6 is 0 Å². The van der Waals surface area contributed by atoms with Crippen LogP contribution < -0.4 is 5.32 Å². The van der Waals surface area contributed by atoms with Gasteiger partial charge in [-0.25, -0.2) is 0 Å². The maximum atomic E-state index is 10.5. The largest absolute Gasteiger partial charge is 0.480 e. The van der Waals surface area contributed by atoms with Crippen molar-refractivity contribution >= 4 is 5.97 Å². The van der Waals surface area contributed by atoms with Crippen molar-refractivity contribution in [1.29, 1.82) is 0 Å². The molecule has 0 amide bonds. The minimum atomic E-state index is -0.740. The van der Waals surface area contributed by atoms with Crippen molar-refractivity contribution in [3.8, 4) is 0 Å². The van der Waals surface area contributed by atoms with E-state index < -0.39 is 5.97 Å². The van der Waals surface area contributed by atoms with Gasteiger partial charge < -0.3 is 10.4 Å². The minimum absolute atomic E-state index is 0.382. The summed E-state index contributed by atoms with van der Waals surface area (Å²) in [5.41, 5.74) is 0. The molecule has 3 heteroatoms. The van der Waals surface area contributed by atoms with Gasteiger partial charge in [-0.05, 0) is 38.0 Å². The lowest BCUT2D eigenvalue weighted by atomic mass is 10.1. The molecule has 3 nitrogen and oxygen atoms in total. The first-order valence-electron chi connectivity index (χ1n) is 4.65. The third kappa shape index (κ3) is 1.46. The predicted molar refractivity (Wildman–Crippen MR) is 44.9 cm³/mol. The Hall–Kier alpha value is -0.570. The average Bonchev–Trinajstić information content (AvgIpc) is 2.59. The van der Waals surface area contributed by atoms with E-state index in [0.717, 1.165) is 11.8 Å². The van der Waals surface area contributed by atoms with E-state index in [4.69, 9.17) is 5.11 Å². The molecule has 3 unspecified atom stereocenters. The lowest BCUT2D eigenvalue weighted by molar-refractivity contribution is -0.139. The molecule has 2 aliphatic carbocycles. The summed E-state index contributed by atoms with van der Waals surface area (Å²) in [7, 11) is 0. The Balaban J connectivity index is 1.76. The second kappa shape index (κ2) is 2.73. The molecule has 0 radical (unpaired) electrons. The molecular weight excluding hydrogens is 154 g/mol. The standard InChI is InChI=1S/C9H15NO2/c1-5(9(11)12)10-8-3-6-2-7(6)4-8/h5-8,10H,2-4H2,1H3,(H,11,12). The first kappa shape index (κ1) is 8.05. The van der Waals surface area contributed by atoms with Gasteiger partial charge in [0.2, 0.25) is 0 Å². The average molecular weight is 169 g/mol. The van der Waals surface area contributed by atoms with Crippen LogP contribution in [0.4, 0.5) is 0 Å². The summed E-state index contributed by atoms with van der Waals surface area (Å²) >= 11 is 0. The van der Waals surface area contributed by atoms with Crippen LogP contribution in [0.5, 0.6) is 0 Å². The number of aliphatic carboxylic acids is 1. The van der Waals surface area contributed by atoms with E-state index in [1.54, 1.807) is 6.92 Å². The maximum absolute atomic E-state index is 10.5. The van der Waals surface area contributed by atoms with E-state index in [-0.39, 0.29) is 6.04 Å². The Labute approximate surface area is 72.2 Å². The van der Waals surface area contributed by atoms with Crippen LogP contribution in [0.1, 0.15) is 26.2 Å². The first-order valence-corrected chi connectivity index (χ1v) is 4.65. The van der Waals surface area contributed by atoms with Crippen molar-refractivity contribution in [1.82, 2.24) is 5.32 Å². The van der Waals surface area contributed by atoms with E-state index >= 15 is 0 Å². The summed E-state index contributed by atoms with van der Waals surface area (Å²) in [4.78, 5) is 10.5. The molecule has 0 aliphatic heterocycles. The zero-order valence-corrected chi connectivity index (χ0v) is 7.29. The van der Waals surface area contributed by atoms with Gasteiger partial charge in [0.05, 0.1) is 0 Å². The fraction of sp³-hybridized carbons (Fsp3) is 0.889. The fourth-order valence-electron chi connectivity index (χ4n) is 2.28. The van der Waals surface area contributed by atoms with Crippen molar-refractivity contribution in [2.45, 2.75) is 38.3 Å². The Bertz CT molecular complexity index is 195. The highest BCUT2D eigenvalue weighted by atomic mass is 16.4. The van der Waals surface area contributed by atoms with Gasteiger partial charge in [0.25, 0.3) is 0 Å². The second-order valence-electron chi connectivity index (χ2n) is 4.15. The van der Waals surface area contributed by atoms with Gasteiger partial charge in [0.1, 0.15) is 6.04 Å². The molecule has 0 saturated heterocycles. The number of carbonyl (C=O) groups is 1. The number of fused-ring (bicyclic) bond motifs is 1. The van der Waals surface area contributed by atoms with E-state index in [2.05, 4.69) is 5.32 Å². The Morgan fingerprint density at radius 2 is 2.00 bits per heavy atom. The smallest absolute Gasteiger partial charge is 0.320 e. The van der Waals surface area contributed by atoms with Crippen molar-refractivity contribution in [3.05, 3.63) is 0 Å². The topological polar surface area (TPSA) is 49.3 Å². The molecule has 3 atom stereocenters. The molecule has 0 heterocycles. The number of carboxylic acid groups (broad SMARTS) is 1. The first-order chi connectivity index (χ1) is 5.66. The molecule has 0 aromatic rings. The summed E-state index contributed by atoms with van der Waals surface area (Å²) in [5.74, 6) is 1.10. The molecule has 0 aromatic heterocycles. The van der Waals surface area contributed by atoms with Crippen LogP contribution in [0, 0.1) is 11.8 Å². The number of carboxylic acids is 1. The summed E-state index contributed by atoms with van der Waals surface area (Å²) in [6.45, 7) is 1.71. The lowest BCUT2D eigenvalue weighted by Crippen LogP contribution is -2.40. The number of rotatable bonds is 3. The highest BCUT2D eigenvalue weighted by Gasteiger charge is 2.46. The fourth-order valence-corrected chi connectivity index (χ4v) is 2.28. The van der Waals surface area contributed by atoms with Crippen LogP contribution in [-0.4, -0.2) is 23.2 Å². The van der Waals surface area contributed by atoms with Crippen molar-refractivity contribution in [2.75, 3.05) is 0 Å².